The van der Waals surface area contributed by atoms with E-state index < -0.39 is 0 Å². The number of piperazine rings is 1. The molecule has 0 aromatic carbocycles. The summed E-state index contributed by atoms with van der Waals surface area (Å²) in [5.74, 6) is 0.0969. The number of hydrogen-bond donors (Lipinski definition) is 1. The van der Waals surface area contributed by atoms with Crippen LogP contribution in [0, 0.1) is 17.2 Å². The molecule has 1 saturated heterocycles. The fourth-order valence-corrected chi connectivity index (χ4v) is 1.28. The second-order valence-electron chi connectivity index (χ2n) is 3.68. The highest BCUT2D eigenvalue weighted by Crippen LogP contribution is 1.96. The lowest BCUT2D eigenvalue weighted by molar-refractivity contribution is 0.102. The Balaban J connectivity index is 2.13. The lowest BCUT2D eigenvalue weighted by atomic mass is 10.2. The Morgan fingerprint density at radius 3 is 2.54 bits per heavy atom. The van der Waals surface area contributed by atoms with Gasteiger partial charge in [-0.05, 0) is 14.0 Å². The van der Waals surface area contributed by atoms with E-state index in [0.717, 1.165) is 32.7 Å². The minimum atomic E-state index is 0.0969. The van der Waals surface area contributed by atoms with Gasteiger partial charge in [0.1, 0.15) is 0 Å². The molecule has 1 heterocycles. The minimum absolute atomic E-state index is 0.0969. The van der Waals surface area contributed by atoms with E-state index in [0.29, 0.717) is 0 Å². The van der Waals surface area contributed by atoms with Crippen LogP contribution in [0.4, 0.5) is 0 Å². The van der Waals surface area contributed by atoms with E-state index in [2.05, 4.69) is 28.5 Å². The van der Waals surface area contributed by atoms with Crippen LogP contribution in [0.5, 0.6) is 0 Å². The number of nitrogens with one attached hydrogen (secondary N) is 1. The molecule has 1 rings (SSSR count). The molecular weight excluding hydrogens is 164 g/mol. The van der Waals surface area contributed by atoms with E-state index in [1.807, 2.05) is 6.92 Å². The van der Waals surface area contributed by atoms with Gasteiger partial charge >= 0.3 is 0 Å². The Morgan fingerprint density at radius 1 is 1.38 bits per heavy atom. The molecule has 0 saturated carbocycles. The predicted octanol–water partition coefficient (Wildman–Crippen LogP) is -0.102. The smallest absolute Gasteiger partial charge is 0.0666 e. The van der Waals surface area contributed by atoms with Crippen molar-refractivity contribution in [3.63, 3.8) is 0 Å². The molecule has 1 fully saturated rings. The van der Waals surface area contributed by atoms with Crippen molar-refractivity contribution in [1.82, 2.24) is 15.3 Å². The van der Waals surface area contributed by atoms with Gasteiger partial charge in [0.25, 0.3) is 0 Å². The van der Waals surface area contributed by atoms with Crippen LogP contribution in [-0.4, -0.2) is 49.7 Å². The van der Waals surface area contributed by atoms with Gasteiger partial charge in [-0.15, -0.1) is 0 Å². The first-order chi connectivity index (χ1) is 6.22. The summed E-state index contributed by atoms with van der Waals surface area (Å²) in [6.45, 7) is 7.01. The molecule has 0 amide bonds. The van der Waals surface area contributed by atoms with E-state index in [-0.39, 0.29) is 5.92 Å². The number of rotatable bonds is 3. The lowest BCUT2D eigenvalue weighted by Crippen LogP contribution is -2.51. The maximum atomic E-state index is 8.59. The fraction of sp³-hybridized carbons (Fsp3) is 0.889. The van der Waals surface area contributed by atoms with Gasteiger partial charge < -0.3 is 4.90 Å². The van der Waals surface area contributed by atoms with Crippen LogP contribution >= 0.6 is 0 Å². The average Bonchev–Trinajstić information content (AvgIpc) is 2.16. The predicted molar refractivity (Wildman–Crippen MR) is 51.8 cm³/mol. The first kappa shape index (κ1) is 10.5. The third-order valence-corrected chi connectivity index (χ3v) is 2.34. The van der Waals surface area contributed by atoms with Crippen molar-refractivity contribution in [2.45, 2.75) is 6.92 Å². The standard InChI is InChI=1S/C9H18N4/c1-9(7-10)8-11-13-5-3-12(2)4-6-13/h9,11H,3-6,8H2,1-2H3. The van der Waals surface area contributed by atoms with Gasteiger partial charge in [0.05, 0.1) is 12.0 Å². The highest BCUT2D eigenvalue weighted by Gasteiger charge is 2.13. The van der Waals surface area contributed by atoms with Crippen LogP contribution < -0.4 is 5.43 Å². The van der Waals surface area contributed by atoms with Crippen LogP contribution in [0.2, 0.25) is 0 Å². The Morgan fingerprint density at radius 2 is 2.00 bits per heavy atom. The molecular formula is C9H18N4. The summed E-state index contributed by atoms with van der Waals surface area (Å²) >= 11 is 0. The van der Waals surface area contributed by atoms with Gasteiger partial charge in [0, 0.05) is 32.7 Å². The van der Waals surface area contributed by atoms with E-state index in [1.165, 1.54) is 0 Å². The molecule has 0 spiro atoms. The number of nitriles is 1. The number of hydrazine groups is 1. The molecule has 4 nitrogen and oxygen atoms in total. The van der Waals surface area contributed by atoms with Crippen molar-refractivity contribution in [2.75, 3.05) is 39.8 Å². The molecule has 1 unspecified atom stereocenters. The zero-order chi connectivity index (χ0) is 9.68. The monoisotopic (exact) mass is 182 g/mol. The summed E-state index contributed by atoms with van der Waals surface area (Å²) in [7, 11) is 2.13. The van der Waals surface area contributed by atoms with Crippen molar-refractivity contribution in [2.24, 2.45) is 5.92 Å². The second-order valence-corrected chi connectivity index (χ2v) is 3.68. The topological polar surface area (TPSA) is 42.3 Å². The van der Waals surface area contributed by atoms with Gasteiger partial charge in [-0.25, -0.2) is 5.01 Å². The third-order valence-electron chi connectivity index (χ3n) is 2.34. The van der Waals surface area contributed by atoms with Crippen LogP contribution in [0.1, 0.15) is 6.92 Å². The van der Waals surface area contributed by atoms with Crippen LogP contribution in [0.3, 0.4) is 0 Å². The summed E-state index contributed by atoms with van der Waals surface area (Å²) in [5.41, 5.74) is 3.28. The summed E-state index contributed by atoms with van der Waals surface area (Å²) in [5, 5.41) is 10.8. The highest BCUT2D eigenvalue weighted by molar-refractivity contribution is 4.80. The molecule has 0 aromatic heterocycles. The maximum absolute atomic E-state index is 8.59. The Kier molecular flexibility index (Phi) is 4.16. The Labute approximate surface area is 80.1 Å². The first-order valence-electron chi connectivity index (χ1n) is 4.79. The molecule has 1 N–H and O–H groups in total. The first-order valence-corrected chi connectivity index (χ1v) is 4.79. The third kappa shape index (κ3) is 3.73. The van der Waals surface area contributed by atoms with Gasteiger partial charge in [-0.2, -0.15) is 5.26 Å². The average molecular weight is 182 g/mol. The fourth-order valence-electron chi connectivity index (χ4n) is 1.28. The molecule has 13 heavy (non-hydrogen) atoms. The second kappa shape index (κ2) is 5.18. The number of nitrogens with zero attached hydrogens (tertiary/aromatic N) is 3. The van der Waals surface area contributed by atoms with Gasteiger partial charge in [0.2, 0.25) is 0 Å². The molecule has 1 aliphatic rings. The molecule has 0 radical (unpaired) electrons. The maximum Gasteiger partial charge on any atom is 0.0666 e. The molecule has 4 heteroatoms. The van der Waals surface area contributed by atoms with Crippen molar-refractivity contribution in [3.05, 3.63) is 0 Å². The van der Waals surface area contributed by atoms with E-state index >= 15 is 0 Å². The summed E-state index contributed by atoms with van der Waals surface area (Å²) in [6, 6.07) is 2.21. The molecule has 1 atom stereocenters. The molecule has 0 aliphatic carbocycles. The van der Waals surface area contributed by atoms with Gasteiger partial charge in [0.15, 0.2) is 0 Å². The quantitative estimate of drug-likeness (QED) is 0.662. The molecule has 1 aliphatic heterocycles. The van der Waals surface area contributed by atoms with E-state index in [1.54, 1.807) is 0 Å². The highest BCUT2D eigenvalue weighted by atomic mass is 15.5. The van der Waals surface area contributed by atoms with Crippen LogP contribution in [-0.2, 0) is 0 Å². The molecule has 74 valence electrons. The van der Waals surface area contributed by atoms with Gasteiger partial charge in [-0.1, -0.05) is 0 Å². The lowest BCUT2D eigenvalue weighted by Gasteiger charge is -2.32. The number of likely N-dealkylation sites (N-methyl/N-ethyl adjacent to an activating group) is 1. The van der Waals surface area contributed by atoms with Crippen molar-refractivity contribution >= 4 is 0 Å². The summed E-state index contributed by atoms with van der Waals surface area (Å²) in [6.07, 6.45) is 0. The van der Waals surface area contributed by atoms with Crippen molar-refractivity contribution in [3.8, 4) is 6.07 Å². The van der Waals surface area contributed by atoms with Crippen molar-refractivity contribution < 1.29 is 0 Å². The number of hydrogen-bond acceptors (Lipinski definition) is 4. The zero-order valence-electron chi connectivity index (χ0n) is 8.45. The minimum Gasteiger partial charge on any atom is -0.304 e. The van der Waals surface area contributed by atoms with E-state index in [4.69, 9.17) is 5.26 Å². The van der Waals surface area contributed by atoms with Crippen molar-refractivity contribution in [1.29, 1.82) is 5.26 Å². The normalized spacial score (nSPS) is 22.5. The van der Waals surface area contributed by atoms with E-state index in [9.17, 15) is 0 Å². The Bertz CT molecular complexity index is 179. The molecule has 0 aromatic rings. The SMILES string of the molecule is CC(C#N)CNN1CCN(C)CC1. The largest absolute Gasteiger partial charge is 0.304 e. The van der Waals surface area contributed by atoms with Gasteiger partial charge in [-0.3, -0.25) is 5.43 Å². The van der Waals surface area contributed by atoms with Crippen LogP contribution in [0.25, 0.3) is 0 Å². The summed E-state index contributed by atoms with van der Waals surface area (Å²) in [4.78, 5) is 2.31. The zero-order valence-corrected chi connectivity index (χ0v) is 8.45. The summed E-state index contributed by atoms with van der Waals surface area (Å²) < 4.78 is 0. The molecule has 0 bridgehead atoms. The Hall–Kier alpha value is -0.630. The van der Waals surface area contributed by atoms with Crippen LogP contribution in [0.15, 0.2) is 0 Å².